The summed E-state index contributed by atoms with van der Waals surface area (Å²) in [6.45, 7) is 7.32. The lowest BCUT2D eigenvalue weighted by Crippen LogP contribution is -2.38. The van der Waals surface area contributed by atoms with E-state index in [-0.39, 0.29) is 24.0 Å². The predicted molar refractivity (Wildman–Crippen MR) is 131 cm³/mol. The van der Waals surface area contributed by atoms with Gasteiger partial charge >= 0.3 is 0 Å². The molecule has 2 N–H and O–H groups in total. The van der Waals surface area contributed by atoms with Gasteiger partial charge in [-0.1, -0.05) is 60.2 Å². The average molecular weight is 503 g/mol. The van der Waals surface area contributed by atoms with Crippen LogP contribution in [0.4, 0.5) is 0 Å². The zero-order valence-electron chi connectivity index (χ0n) is 17.1. The Labute approximate surface area is 190 Å². The molecule has 0 fully saturated rings. The number of hydrogen-bond donors (Lipinski definition) is 2. The SMILES string of the molecule is CCNC(=NCc1cccc(C)c1)NCCc1nccn1Cc1ccccc1.I. The minimum Gasteiger partial charge on any atom is -0.357 e. The van der Waals surface area contributed by atoms with Crippen molar-refractivity contribution in [3.8, 4) is 0 Å². The van der Waals surface area contributed by atoms with E-state index in [0.717, 1.165) is 37.8 Å². The van der Waals surface area contributed by atoms with Crippen molar-refractivity contribution in [1.29, 1.82) is 0 Å². The van der Waals surface area contributed by atoms with Crippen molar-refractivity contribution in [2.75, 3.05) is 13.1 Å². The summed E-state index contributed by atoms with van der Waals surface area (Å²) < 4.78 is 2.20. The third-order valence-corrected chi connectivity index (χ3v) is 4.48. The first-order valence-electron chi connectivity index (χ1n) is 9.86. The molecular weight excluding hydrogens is 473 g/mol. The number of imidazole rings is 1. The summed E-state index contributed by atoms with van der Waals surface area (Å²) in [6.07, 6.45) is 4.75. The van der Waals surface area contributed by atoms with Crippen molar-refractivity contribution in [3.63, 3.8) is 0 Å². The quantitative estimate of drug-likeness (QED) is 0.276. The number of guanidine groups is 1. The van der Waals surface area contributed by atoms with Gasteiger partial charge in [0.25, 0.3) is 0 Å². The van der Waals surface area contributed by atoms with Crippen molar-refractivity contribution in [3.05, 3.63) is 89.5 Å². The normalized spacial score (nSPS) is 11.0. The number of halogens is 1. The fourth-order valence-electron chi connectivity index (χ4n) is 3.11. The van der Waals surface area contributed by atoms with Crippen LogP contribution in [-0.2, 0) is 19.5 Å². The predicted octanol–water partition coefficient (Wildman–Crippen LogP) is 4.16. The fourth-order valence-corrected chi connectivity index (χ4v) is 3.11. The summed E-state index contributed by atoms with van der Waals surface area (Å²) in [5.41, 5.74) is 3.76. The number of hydrogen-bond acceptors (Lipinski definition) is 2. The molecule has 0 saturated heterocycles. The van der Waals surface area contributed by atoms with Crippen LogP contribution in [-0.4, -0.2) is 28.6 Å². The molecule has 0 radical (unpaired) electrons. The van der Waals surface area contributed by atoms with Crippen LogP contribution in [0.1, 0.15) is 29.4 Å². The van der Waals surface area contributed by atoms with Gasteiger partial charge in [0, 0.05) is 38.4 Å². The van der Waals surface area contributed by atoms with E-state index < -0.39 is 0 Å². The first-order chi connectivity index (χ1) is 13.7. The monoisotopic (exact) mass is 503 g/mol. The van der Waals surface area contributed by atoms with E-state index in [0.29, 0.717) is 6.54 Å². The third kappa shape index (κ3) is 7.53. The Hall–Kier alpha value is -2.35. The molecule has 5 nitrogen and oxygen atoms in total. The summed E-state index contributed by atoms with van der Waals surface area (Å²) in [5, 5.41) is 6.73. The number of rotatable bonds is 8. The highest BCUT2D eigenvalue weighted by Crippen LogP contribution is 2.06. The molecule has 3 rings (SSSR count). The Kier molecular flexibility index (Phi) is 9.70. The standard InChI is InChI=1S/C23H29N5.HI/c1-3-24-23(27-17-21-11-7-8-19(2)16-21)26-13-12-22-25-14-15-28(22)18-20-9-5-4-6-10-20;/h4-11,14-16H,3,12-13,17-18H2,1-2H3,(H2,24,26,27);1H. The highest BCUT2D eigenvalue weighted by atomic mass is 127. The van der Waals surface area contributed by atoms with Gasteiger partial charge in [0.1, 0.15) is 5.82 Å². The van der Waals surface area contributed by atoms with Crippen molar-refractivity contribution >= 4 is 29.9 Å². The maximum atomic E-state index is 4.70. The van der Waals surface area contributed by atoms with Gasteiger partial charge in [-0.25, -0.2) is 9.98 Å². The zero-order chi connectivity index (χ0) is 19.6. The van der Waals surface area contributed by atoms with Crippen LogP contribution in [0.2, 0.25) is 0 Å². The summed E-state index contributed by atoms with van der Waals surface area (Å²) in [6, 6.07) is 18.9. The first kappa shape index (κ1) is 22.9. The van der Waals surface area contributed by atoms with Gasteiger partial charge in [-0.2, -0.15) is 0 Å². The van der Waals surface area contributed by atoms with Gasteiger partial charge in [-0.05, 0) is 25.0 Å². The molecule has 0 unspecified atom stereocenters. The Morgan fingerprint density at radius 2 is 1.83 bits per heavy atom. The summed E-state index contributed by atoms with van der Waals surface area (Å²) >= 11 is 0. The Morgan fingerprint density at radius 1 is 1.03 bits per heavy atom. The number of nitrogens with zero attached hydrogens (tertiary/aromatic N) is 3. The molecule has 154 valence electrons. The van der Waals surface area contributed by atoms with Gasteiger partial charge in [-0.15, -0.1) is 24.0 Å². The van der Waals surface area contributed by atoms with Crippen molar-refractivity contribution < 1.29 is 0 Å². The molecule has 29 heavy (non-hydrogen) atoms. The number of aryl methyl sites for hydroxylation is 1. The highest BCUT2D eigenvalue weighted by Gasteiger charge is 2.05. The minimum atomic E-state index is 0. The molecular formula is C23H30IN5. The van der Waals surface area contributed by atoms with E-state index >= 15 is 0 Å². The zero-order valence-corrected chi connectivity index (χ0v) is 19.5. The summed E-state index contributed by atoms with van der Waals surface area (Å²) in [7, 11) is 0. The van der Waals surface area contributed by atoms with E-state index in [1.54, 1.807) is 0 Å². The van der Waals surface area contributed by atoms with E-state index in [9.17, 15) is 0 Å². The van der Waals surface area contributed by atoms with Crippen LogP contribution in [0.5, 0.6) is 0 Å². The van der Waals surface area contributed by atoms with Crippen molar-refractivity contribution in [2.24, 2.45) is 4.99 Å². The van der Waals surface area contributed by atoms with Crippen LogP contribution >= 0.6 is 24.0 Å². The summed E-state index contributed by atoms with van der Waals surface area (Å²) in [4.78, 5) is 9.22. The van der Waals surface area contributed by atoms with Crippen molar-refractivity contribution in [1.82, 2.24) is 20.2 Å². The maximum Gasteiger partial charge on any atom is 0.191 e. The van der Waals surface area contributed by atoms with Gasteiger partial charge in [-0.3, -0.25) is 0 Å². The van der Waals surface area contributed by atoms with Gasteiger partial charge in [0.15, 0.2) is 5.96 Å². The molecule has 0 spiro atoms. The molecule has 1 aromatic heterocycles. The van der Waals surface area contributed by atoms with Crippen LogP contribution in [0.3, 0.4) is 0 Å². The van der Waals surface area contributed by atoms with Crippen LogP contribution in [0.25, 0.3) is 0 Å². The third-order valence-electron chi connectivity index (χ3n) is 4.48. The molecule has 0 bridgehead atoms. The number of nitrogens with one attached hydrogen (secondary N) is 2. The van der Waals surface area contributed by atoms with Crippen LogP contribution < -0.4 is 10.6 Å². The van der Waals surface area contributed by atoms with Crippen LogP contribution in [0, 0.1) is 6.92 Å². The van der Waals surface area contributed by atoms with E-state index in [4.69, 9.17) is 4.99 Å². The molecule has 0 atom stereocenters. The Balaban J connectivity index is 0.00000300. The van der Waals surface area contributed by atoms with E-state index in [1.165, 1.54) is 16.7 Å². The van der Waals surface area contributed by atoms with Gasteiger partial charge in [0.2, 0.25) is 0 Å². The second-order valence-electron chi connectivity index (χ2n) is 6.82. The van der Waals surface area contributed by atoms with Crippen molar-refractivity contribution in [2.45, 2.75) is 33.4 Å². The lowest BCUT2D eigenvalue weighted by atomic mass is 10.1. The minimum absolute atomic E-state index is 0. The fraction of sp³-hybridized carbons (Fsp3) is 0.304. The average Bonchev–Trinajstić information content (AvgIpc) is 3.14. The smallest absolute Gasteiger partial charge is 0.191 e. The second-order valence-corrected chi connectivity index (χ2v) is 6.82. The van der Waals surface area contributed by atoms with E-state index in [2.05, 4.69) is 82.6 Å². The van der Waals surface area contributed by atoms with Gasteiger partial charge in [0.05, 0.1) is 6.54 Å². The molecule has 0 saturated carbocycles. The molecule has 3 aromatic rings. The molecule has 6 heteroatoms. The van der Waals surface area contributed by atoms with Gasteiger partial charge < -0.3 is 15.2 Å². The number of aliphatic imine (C=N–C) groups is 1. The molecule has 0 amide bonds. The molecule has 0 aliphatic heterocycles. The maximum absolute atomic E-state index is 4.70. The molecule has 0 aliphatic carbocycles. The van der Waals surface area contributed by atoms with Crippen LogP contribution in [0.15, 0.2) is 72.0 Å². The number of aromatic nitrogens is 2. The lowest BCUT2D eigenvalue weighted by molar-refractivity contribution is 0.694. The molecule has 2 aromatic carbocycles. The largest absolute Gasteiger partial charge is 0.357 e. The second kappa shape index (κ2) is 12.3. The van der Waals surface area contributed by atoms with E-state index in [1.807, 2.05) is 18.5 Å². The lowest BCUT2D eigenvalue weighted by Gasteiger charge is -2.12. The Bertz CT molecular complexity index is 889. The first-order valence-corrected chi connectivity index (χ1v) is 9.86. The molecule has 1 heterocycles. The topological polar surface area (TPSA) is 54.2 Å². The molecule has 0 aliphatic rings. The number of benzene rings is 2. The Morgan fingerprint density at radius 3 is 2.59 bits per heavy atom. The summed E-state index contributed by atoms with van der Waals surface area (Å²) in [5.74, 6) is 1.91. The highest BCUT2D eigenvalue weighted by molar-refractivity contribution is 14.0.